The summed E-state index contributed by atoms with van der Waals surface area (Å²) in [5.74, 6) is -1.59. The molecule has 0 saturated heterocycles. The summed E-state index contributed by atoms with van der Waals surface area (Å²) < 4.78 is 28.5. The smallest absolute Gasteiger partial charge is 0.387 e. The molecule has 0 unspecified atom stereocenters. The first-order valence-corrected chi connectivity index (χ1v) is 6.91. The first-order chi connectivity index (χ1) is 10.3. The maximum atomic E-state index is 12.1. The molecule has 2 N–H and O–H groups in total. The molecule has 7 heteroatoms. The Balaban J connectivity index is 2.78. The first kappa shape index (κ1) is 17.9. The van der Waals surface area contributed by atoms with Gasteiger partial charge in [-0.05, 0) is 25.0 Å². The zero-order valence-corrected chi connectivity index (χ0v) is 12.4. The predicted octanol–water partition coefficient (Wildman–Crippen LogP) is 3.51. The van der Waals surface area contributed by atoms with Crippen molar-refractivity contribution >= 4 is 17.6 Å². The molecule has 0 aliphatic rings. The molecule has 22 heavy (non-hydrogen) atoms. The highest BCUT2D eigenvalue weighted by molar-refractivity contribution is 5.94. The van der Waals surface area contributed by atoms with E-state index in [0.29, 0.717) is 12.8 Å². The average Bonchev–Trinajstić information content (AvgIpc) is 2.44. The number of alkyl halides is 2. The van der Waals surface area contributed by atoms with Gasteiger partial charge in [-0.25, -0.2) is 0 Å². The summed E-state index contributed by atoms with van der Waals surface area (Å²) in [6, 6.07) is 5.56. The van der Waals surface area contributed by atoms with Crippen LogP contribution in [0.25, 0.3) is 0 Å². The van der Waals surface area contributed by atoms with Gasteiger partial charge < -0.3 is 15.2 Å². The molecule has 0 fully saturated rings. The Bertz CT molecular complexity index is 530. The number of carboxylic acid groups (broad SMARTS) is 1. The van der Waals surface area contributed by atoms with Gasteiger partial charge in [-0.2, -0.15) is 8.78 Å². The number of carbonyl (C=O) groups excluding carboxylic acids is 1. The lowest BCUT2D eigenvalue weighted by atomic mass is 9.79. The standard InChI is InChI=1S/C15H19F2NO4/c1-3-15(4-2,13(20)21)9-12(19)18-10-6-5-7-11(8-10)22-14(16)17/h5-8,14H,3-4,9H2,1-2H3,(H,18,19)(H,20,21). The van der Waals surface area contributed by atoms with Crippen molar-refractivity contribution in [2.24, 2.45) is 5.41 Å². The number of hydrogen-bond acceptors (Lipinski definition) is 3. The zero-order chi connectivity index (χ0) is 16.8. The second kappa shape index (κ2) is 7.72. The van der Waals surface area contributed by atoms with Crippen LogP contribution in [-0.4, -0.2) is 23.6 Å². The third-order valence-electron chi connectivity index (χ3n) is 3.65. The molecule has 0 aliphatic heterocycles. The Labute approximate surface area is 127 Å². The lowest BCUT2D eigenvalue weighted by molar-refractivity contribution is -0.151. The number of rotatable bonds is 8. The Morgan fingerprint density at radius 1 is 1.32 bits per heavy atom. The van der Waals surface area contributed by atoms with E-state index in [0.717, 1.165) is 0 Å². The van der Waals surface area contributed by atoms with E-state index in [1.54, 1.807) is 13.8 Å². The van der Waals surface area contributed by atoms with E-state index in [4.69, 9.17) is 0 Å². The second-order valence-corrected chi connectivity index (χ2v) is 4.92. The van der Waals surface area contributed by atoms with Crippen molar-refractivity contribution in [3.63, 3.8) is 0 Å². The summed E-state index contributed by atoms with van der Waals surface area (Å²) in [6.45, 7) is 0.468. The van der Waals surface area contributed by atoms with Crippen molar-refractivity contribution in [3.8, 4) is 5.75 Å². The second-order valence-electron chi connectivity index (χ2n) is 4.92. The Morgan fingerprint density at radius 3 is 2.45 bits per heavy atom. The molecule has 0 atom stereocenters. The molecule has 1 rings (SSSR count). The van der Waals surface area contributed by atoms with Crippen LogP contribution in [0, 0.1) is 5.41 Å². The van der Waals surface area contributed by atoms with Gasteiger partial charge in [-0.15, -0.1) is 0 Å². The highest BCUT2D eigenvalue weighted by atomic mass is 19.3. The number of ether oxygens (including phenoxy) is 1. The van der Waals surface area contributed by atoms with Crippen LogP contribution >= 0.6 is 0 Å². The molecule has 0 aliphatic carbocycles. The molecule has 0 aromatic heterocycles. The molecular formula is C15H19F2NO4. The monoisotopic (exact) mass is 315 g/mol. The van der Waals surface area contributed by atoms with E-state index in [1.165, 1.54) is 24.3 Å². The van der Waals surface area contributed by atoms with E-state index in [2.05, 4.69) is 10.1 Å². The molecule has 1 amide bonds. The number of carboxylic acids is 1. The summed E-state index contributed by atoms with van der Waals surface area (Å²) in [5, 5.41) is 11.8. The molecule has 0 radical (unpaired) electrons. The SMILES string of the molecule is CCC(CC)(CC(=O)Nc1cccc(OC(F)F)c1)C(=O)O. The Kier molecular flexibility index (Phi) is 6.27. The molecule has 0 heterocycles. The number of carbonyl (C=O) groups is 2. The van der Waals surface area contributed by atoms with Crippen molar-refractivity contribution in [1.82, 2.24) is 0 Å². The molecule has 0 spiro atoms. The lowest BCUT2D eigenvalue weighted by Crippen LogP contribution is -2.34. The number of anilines is 1. The summed E-state index contributed by atoms with van der Waals surface area (Å²) in [7, 11) is 0. The zero-order valence-electron chi connectivity index (χ0n) is 12.4. The predicted molar refractivity (Wildman–Crippen MR) is 77.0 cm³/mol. The van der Waals surface area contributed by atoms with E-state index in [1.807, 2.05) is 0 Å². The van der Waals surface area contributed by atoms with Gasteiger partial charge in [-0.3, -0.25) is 9.59 Å². The maximum absolute atomic E-state index is 12.1. The molecule has 0 saturated carbocycles. The molecule has 5 nitrogen and oxygen atoms in total. The third-order valence-corrected chi connectivity index (χ3v) is 3.65. The molecule has 0 bridgehead atoms. The van der Waals surface area contributed by atoms with E-state index >= 15 is 0 Å². The van der Waals surface area contributed by atoms with Crippen LogP contribution in [0.3, 0.4) is 0 Å². The summed E-state index contributed by atoms with van der Waals surface area (Å²) in [6.07, 6.45) is 0.455. The lowest BCUT2D eigenvalue weighted by Gasteiger charge is -2.25. The minimum atomic E-state index is -2.95. The van der Waals surface area contributed by atoms with Crippen molar-refractivity contribution in [3.05, 3.63) is 24.3 Å². The van der Waals surface area contributed by atoms with Gasteiger partial charge in [0.05, 0.1) is 5.41 Å². The molecular weight excluding hydrogens is 296 g/mol. The van der Waals surface area contributed by atoms with Gasteiger partial charge in [-0.1, -0.05) is 19.9 Å². The van der Waals surface area contributed by atoms with Gasteiger partial charge in [0.25, 0.3) is 0 Å². The van der Waals surface area contributed by atoms with E-state index in [9.17, 15) is 23.5 Å². The van der Waals surface area contributed by atoms with Crippen LogP contribution in [0.4, 0.5) is 14.5 Å². The minimum absolute atomic E-state index is 0.0803. The number of nitrogens with one attached hydrogen (secondary N) is 1. The first-order valence-electron chi connectivity index (χ1n) is 6.91. The Morgan fingerprint density at radius 2 is 1.95 bits per heavy atom. The number of aliphatic carboxylic acids is 1. The normalized spacial score (nSPS) is 11.3. The van der Waals surface area contributed by atoms with Crippen LogP contribution in [-0.2, 0) is 9.59 Å². The summed E-state index contributed by atoms with van der Waals surface area (Å²) in [5.41, 5.74) is -0.851. The highest BCUT2D eigenvalue weighted by Gasteiger charge is 2.37. The van der Waals surface area contributed by atoms with Crippen molar-refractivity contribution in [1.29, 1.82) is 0 Å². The van der Waals surface area contributed by atoms with Crippen molar-refractivity contribution < 1.29 is 28.2 Å². The summed E-state index contributed by atoms with van der Waals surface area (Å²) >= 11 is 0. The fourth-order valence-corrected chi connectivity index (χ4v) is 2.14. The van der Waals surface area contributed by atoms with Crippen LogP contribution < -0.4 is 10.1 Å². The van der Waals surface area contributed by atoms with E-state index < -0.39 is 23.9 Å². The molecule has 1 aromatic rings. The number of hydrogen-bond donors (Lipinski definition) is 2. The van der Waals surface area contributed by atoms with Crippen LogP contribution in [0.5, 0.6) is 5.75 Å². The third kappa shape index (κ3) is 4.68. The fraction of sp³-hybridized carbons (Fsp3) is 0.467. The van der Waals surface area contributed by atoms with Gasteiger partial charge in [0.1, 0.15) is 5.75 Å². The minimum Gasteiger partial charge on any atom is -0.481 e. The highest BCUT2D eigenvalue weighted by Crippen LogP contribution is 2.31. The largest absolute Gasteiger partial charge is 0.481 e. The van der Waals surface area contributed by atoms with Gasteiger partial charge in [0.2, 0.25) is 5.91 Å². The van der Waals surface area contributed by atoms with Crippen molar-refractivity contribution in [2.75, 3.05) is 5.32 Å². The van der Waals surface area contributed by atoms with Gasteiger partial charge >= 0.3 is 12.6 Å². The quantitative estimate of drug-likeness (QED) is 0.770. The molecule has 122 valence electrons. The van der Waals surface area contributed by atoms with Gasteiger partial charge in [0, 0.05) is 18.2 Å². The fourth-order valence-electron chi connectivity index (χ4n) is 2.14. The van der Waals surface area contributed by atoms with Crippen LogP contribution in [0.15, 0.2) is 24.3 Å². The number of benzene rings is 1. The average molecular weight is 315 g/mol. The van der Waals surface area contributed by atoms with Crippen LogP contribution in [0.1, 0.15) is 33.1 Å². The number of amides is 1. The Hall–Kier alpha value is -2.18. The maximum Gasteiger partial charge on any atom is 0.387 e. The number of halogens is 2. The van der Waals surface area contributed by atoms with Gasteiger partial charge in [0.15, 0.2) is 0 Å². The van der Waals surface area contributed by atoms with Crippen LogP contribution in [0.2, 0.25) is 0 Å². The topological polar surface area (TPSA) is 75.6 Å². The van der Waals surface area contributed by atoms with E-state index in [-0.39, 0.29) is 17.9 Å². The molecule has 1 aromatic carbocycles. The summed E-state index contributed by atoms with van der Waals surface area (Å²) in [4.78, 5) is 23.4. The van der Waals surface area contributed by atoms with Crippen molar-refractivity contribution in [2.45, 2.75) is 39.7 Å².